The minimum Gasteiger partial charge on any atom is -0.444 e. The third kappa shape index (κ3) is 4.57. The van der Waals surface area contributed by atoms with Crippen LogP contribution in [-0.2, 0) is 22.1 Å². The molecule has 0 amide bonds. The lowest BCUT2D eigenvalue weighted by atomic mass is 10.1. The van der Waals surface area contributed by atoms with Crippen LogP contribution in [0.2, 0.25) is 5.02 Å². The second-order valence-corrected chi connectivity index (χ2v) is 10.4. The number of allylic oxidation sites excluding steroid dienone is 1. The van der Waals surface area contributed by atoms with Crippen molar-refractivity contribution in [1.29, 1.82) is 0 Å². The maximum absolute atomic E-state index is 11.8. The van der Waals surface area contributed by atoms with Crippen LogP contribution >= 0.6 is 23.4 Å². The normalized spacial score (nSPS) is 18.2. The second kappa shape index (κ2) is 8.33. The highest BCUT2D eigenvalue weighted by Crippen LogP contribution is 2.31. The first-order valence-corrected chi connectivity index (χ1v) is 12.2. The molecule has 3 aromatic rings. The number of hydrogen-bond donors (Lipinski definition) is 0. The van der Waals surface area contributed by atoms with E-state index in [1.807, 2.05) is 16.7 Å². The van der Waals surface area contributed by atoms with E-state index in [9.17, 15) is 8.42 Å². The van der Waals surface area contributed by atoms with Crippen molar-refractivity contribution in [2.75, 3.05) is 11.5 Å². The summed E-state index contributed by atoms with van der Waals surface area (Å²) in [4.78, 5) is 4.51. The molecule has 1 aliphatic heterocycles. The van der Waals surface area contributed by atoms with Crippen LogP contribution in [0.25, 0.3) is 11.5 Å². The average Bonchev–Trinajstić information content (AvgIpc) is 3.39. The molecule has 4 rings (SSSR count). The molecule has 0 N–H and O–H groups in total. The summed E-state index contributed by atoms with van der Waals surface area (Å²) in [5.74, 6) is 1.96. The number of benzene rings is 1. The Kier molecular flexibility index (Phi) is 5.80. The molecule has 1 atom stereocenters. The Balaban J connectivity index is 1.49. The Morgan fingerprint density at radius 2 is 2.24 bits per heavy atom. The molecule has 152 valence electrons. The van der Waals surface area contributed by atoms with Gasteiger partial charge in [0.05, 0.1) is 17.2 Å². The molecular weight excluding hydrogens is 432 g/mol. The molecule has 2 aromatic heterocycles. The first-order valence-electron chi connectivity index (χ1n) is 9.03. The van der Waals surface area contributed by atoms with Gasteiger partial charge < -0.3 is 8.98 Å². The van der Waals surface area contributed by atoms with Crippen molar-refractivity contribution < 1.29 is 12.8 Å². The van der Waals surface area contributed by atoms with Crippen molar-refractivity contribution in [2.24, 2.45) is 0 Å². The van der Waals surface area contributed by atoms with Gasteiger partial charge in [-0.25, -0.2) is 13.4 Å². The van der Waals surface area contributed by atoms with Crippen molar-refractivity contribution in [3.05, 3.63) is 59.7 Å². The number of oxazole rings is 1. The Labute approximate surface area is 178 Å². The van der Waals surface area contributed by atoms with Gasteiger partial charge in [0.2, 0.25) is 5.89 Å². The number of rotatable bonds is 7. The van der Waals surface area contributed by atoms with Crippen LogP contribution in [0.15, 0.2) is 52.8 Å². The van der Waals surface area contributed by atoms with E-state index >= 15 is 0 Å². The molecule has 0 unspecified atom stereocenters. The first-order chi connectivity index (χ1) is 13.9. The summed E-state index contributed by atoms with van der Waals surface area (Å²) in [5, 5.41) is 9.88. The Bertz CT molecular complexity index is 1140. The fraction of sp³-hybridized carbons (Fsp3) is 0.316. The lowest BCUT2D eigenvalue weighted by Gasteiger charge is -2.10. The van der Waals surface area contributed by atoms with Crippen LogP contribution < -0.4 is 0 Å². The molecule has 0 spiro atoms. The molecule has 1 aliphatic rings. The minimum atomic E-state index is -2.99. The number of thioether (sulfide) groups is 1. The molecule has 3 heterocycles. The van der Waals surface area contributed by atoms with Gasteiger partial charge in [-0.1, -0.05) is 35.5 Å². The van der Waals surface area contributed by atoms with Gasteiger partial charge in [0.15, 0.2) is 15.0 Å². The molecule has 1 aromatic carbocycles. The molecular formula is C19H19ClN4O3S2. The lowest BCUT2D eigenvalue weighted by molar-refractivity contribution is 0.573. The molecule has 0 bridgehead atoms. The topological polar surface area (TPSA) is 90.9 Å². The van der Waals surface area contributed by atoms with Gasteiger partial charge in [-0.2, -0.15) is 0 Å². The van der Waals surface area contributed by atoms with Crippen molar-refractivity contribution >= 4 is 33.2 Å². The fourth-order valence-electron chi connectivity index (χ4n) is 3.27. The van der Waals surface area contributed by atoms with Gasteiger partial charge in [-0.15, -0.1) is 16.8 Å². The van der Waals surface area contributed by atoms with Gasteiger partial charge in [-0.05, 0) is 24.6 Å². The number of halogens is 1. The molecule has 10 heteroatoms. The smallest absolute Gasteiger partial charge is 0.226 e. The zero-order valence-corrected chi connectivity index (χ0v) is 17.9. The van der Waals surface area contributed by atoms with Crippen molar-refractivity contribution in [1.82, 2.24) is 19.7 Å². The van der Waals surface area contributed by atoms with Crippen LogP contribution in [0.3, 0.4) is 0 Å². The zero-order chi connectivity index (χ0) is 20.4. The summed E-state index contributed by atoms with van der Waals surface area (Å²) in [5.41, 5.74) is 1.58. The molecule has 1 fully saturated rings. The van der Waals surface area contributed by atoms with Gasteiger partial charge in [0, 0.05) is 28.8 Å². The van der Waals surface area contributed by atoms with Crippen LogP contribution in [0, 0.1) is 0 Å². The molecule has 29 heavy (non-hydrogen) atoms. The second-order valence-electron chi connectivity index (χ2n) is 6.78. The average molecular weight is 451 g/mol. The largest absolute Gasteiger partial charge is 0.444 e. The van der Waals surface area contributed by atoms with E-state index in [0.717, 1.165) is 11.3 Å². The summed E-state index contributed by atoms with van der Waals surface area (Å²) in [7, 11) is -2.99. The Morgan fingerprint density at radius 3 is 2.97 bits per heavy atom. The summed E-state index contributed by atoms with van der Waals surface area (Å²) in [6.45, 7) is 4.31. The molecule has 7 nitrogen and oxygen atoms in total. The van der Waals surface area contributed by atoms with Crippen LogP contribution in [0.4, 0.5) is 0 Å². The fourth-order valence-corrected chi connectivity index (χ4v) is 6.04. The predicted molar refractivity (Wildman–Crippen MR) is 113 cm³/mol. The molecule has 0 aliphatic carbocycles. The quantitative estimate of drug-likeness (QED) is 0.397. The number of sulfone groups is 1. The van der Waals surface area contributed by atoms with Gasteiger partial charge in [0.25, 0.3) is 0 Å². The van der Waals surface area contributed by atoms with Gasteiger partial charge >= 0.3 is 0 Å². The highest BCUT2D eigenvalue weighted by atomic mass is 35.5. The maximum atomic E-state index is 11.8. The van der Waals surface area contributed by atoms with Crippen molar-refractivity contribution in [2.45, 2.75) is 29.8 Å². The van der Waals surface area contributed by atoms with E-state index in [1.165, 1.54) is 11.8 Å². The Morgan fingerprint density at radius 1 is 1.38 bits per heavy atom. The van der Waals surface area contributed by atoms with E-state index in [4.69, 9.17) is 16.0 Å². The zero-order valence-electron chi connectivity index (χ0n) is 15.5. The van der Waals surface area contributed by atoms with E-state index in [0.29, 0.717) is 40.6 Å². The Hall–Kier alpha value is -2.10. The van der Waals surface area contributed by atoms with E-state index < -0.39 is 9.84 Å². The van der Waals surface area contributed by atoms with Gasteiger partial charge in [-0.3, -0.25) is 0 Å². The summed E-state index contributed by atoms with van der Waals surface area (Å²) in [6.07, 6.45) is 3.95. The van der Waals surface area contributed by atoms with E-state index in [-0.39, 0.29) is 17.4 Å². The third-order valence-electron chi connectivity index (χ3n) is 4.63. The predicted octanol–water partition coefficient (Wildman–Crippen LogP) is 3.97. The molecule has 1 saturated heterocycles. The lowest BCUT2D eigenvalue weighted by Crippen LogP contribution is -2.11. The number of aromatic nitrogens is 4. The summed E-state index contributed by atoms with van der Waals surface area (Å²) in [6, 6.07) is 7.33. The first kappa shape index (κ1) is 20.2. The minimum absolute atomic E-state index is 0.122. The number of hydrogen-bond acceptors (Lipinski definition) is 7. The van der Waals surface area contributed by atoms with Crippen molar-refractivity contribution in [3.63, 3.8) is 0 Å². The van der Waals surface area contributed by atoms with E-state index in [2.05, 4.69) is 21.8 Å². The monoisotopic (exact) mass is 450 g/mol. The summed E-state index contributed by atoms with van der Waals surface area (Å²) >= 11 is 7.50. The van der Waals surface area contributed by atoms with Crippen LogP contribution in [-0.4, -0.2) is 39.7 Å². The molecule has 0 saturated carbocycles. The third-order valence-corrected chi connectivity index (χ3v) is 7.63. The van der Waals surface area contributed by atoms with Crippen molar-refractivity contribution in [3.8, 4) is 11.5 Å². The van der Waals surface area contributed by atoms with Crippen LogP contribution in [0.1, 0.15) is 23.9 Å². The highest BCUT2D eigenvalue weighted by molar-refractivity contribution is 7.98. The maximum Gasteiger partial charge on any atom is 0.226 e. The standard InChI is InChI=1S/C19H19ClN4O3S2/c1-2-7-24-17(14-6-8-29(25,26)12-14)22-23-19(24)28-11-16-10-27-18(21-16)13-4-3-5-15(20)9-13/h2-5,9-10,14H,1,6-8,11-12H2/t14-/m0/s1. The number of nitrogens with zero attached hydrogens (tertiary/aromatic N) is 4. The SMILES string of the molecule is C=CCn1c(SCc2coc(-c3cccc(Cl)c3)n2)nnc1[C@H]1CCS(=O)(=O)C1. The van der Waals surface area contributed by atoms with E-state index in [1.54, 1.807) is 24.5 Å². The summed E-state index contributed by atoms with van der Waals surface area (Å²) < 4.78 is 31.2. The van der Waals surface area contributed by atoms with Gasteiger partial charge in [0.1, 0.15) is 12.1 Å². The van der Waals surface area contributed by atoms with Crippen LogP contribution in [0.5, 0.6) is 0 Å². The highest BCUT2D eigenvalue weighted by Gasteiger charge is 2.33. The molecule has 0 radical (unpaired) electrons.